The number of aliphatic hydroxyl groups excluding tert-OH is 3. The maximum Gasteiger partial charge on any atom is 0.329 e. The van der Waals surface area contributed by atoms with E-state index in [1.54, 1.807) is 34.0 Å². The van der Waals surface area contributed by atoms with Crippen LogP contribution in [-0.2, 0) is 57.2 Å². The maximum atomic E-state index is 14.6. The van der Waals surface area contributed by atoms with E-state index < -0.39 is 120 Å². The van der Waals surface area contributed by atoms with Crippen LogP contribution >= 0.6 is 0 Å². The van der Waals surface area contributed by atoms with Crippen molar-refractivity contribution in [2.45, 2.75) is 193 Å². The van der Waals surface area contributed by atoms with Crippen molar-refractivity contribution in [3.63, 3.8) is 0 Å². The first-order chi connectivity index (χ1) is 35.0. The van der Waals surface area contributed by atoms with E-state index in [1.165, 1.54) is 21.1 Å². The van der Waals surface area contributed by atoms with Gasteiger partial charge in [0.25, 0.3) is 11.7 Å². The predicted octanol–water partition coefficient (Wildman–Crippen LogP) is 6.11. The van der Waals surface area contributed by atoms with Gasteiger partial charge in [-0.1, -0.05) is 71.1 Å². The maximum absolute atomic E-state index is 14.6. The number of hydrogen-bond acceptors (Lipinski definition) is 16. The lowest BCUT2D eigenvalue weighted by Gasteiger charge is -2.42. The summed E-state index contributed by atoms with van der Waals surface area (Å²) in [7, 11) is 4.44. The molecule has 0 aromatic heterocycles. The van der Waals surface area contributed by atoms with Crippen molar-refractivity contribution >= 4 is 35.2 Å². The van der Waals surface area contributed by atoms with E-state index in [0.29, 0.717) is 76.2 Å². The zero-order valence-electron chi connectivity index (χ0n) is 46.0. The van der Waals surface area contributed by atoms with Crippen LogP contribution in [0.25, 0.3) is 0 Å². The van der Waals surface area contributed by atoms with Gasteiger partial charge in [-0.25, -0.2) is 4.79 Å². The molecule has 1 aliphatic carbocycles. The van der Waals surface area contributed by atoms with E-state index in [0.717, 1.165) is 10.5 Å². The molecule has 3 fully saturated rings. The Morgan fingerprint density at radius 1 is 0.851 bits per heavy atom. The summed E-state index contributed by atoms with van der Waals surface area (Å²) in [6, 6.07) is -1.20. The van der Waals surface area contributed by atoms with Gasteiger partial charge in [-0.3, -0.25) is 24.0 Å². The standard InChI is InChI=1S/C57H89NO16/c1-34-17-13-12-14-18-35(2)46(69-9)30-42-24-22-40(7)57(68,74-42)52(64)53(65)58-26-16-15-19-43(58)54(66)72-47(31-44(61)37(4)27-39(6)50(63)51(71-11)49(62)36(3)21-20-34)38(5)28-41-23-25-45(48(29-41)70-10)73-55(67)56(8,32-59)33-60/h12-14,17-18,27,34,36-38,40-43,45-48,50-51,59-60,63,68H,15-16,19-26,28-33H2,1-11H3/b14-12+,17-13+,35-18+,39-27+/t34-,36-,37-,38-,40-,41?,42+,43+,45?,46+,47+,48-,50-,51+,57-/m1/s1. The molecule has 1 amide bonds. The summed E-state index contributed by atoms with van der Waals surface area (Å²) < 4.78 is 35.5. The van der Waals surface area contributed by atoms with Gasteiger partial charge in [-0.05, 0) is 120 Å². The highest BCUT2D eigenvalue weighted by molar-refractivity contribution is 6.39. The number of piperidine rings is 1. The number of Topliss-reactive ketones (excluding diaryl/α,β-unsaturated/α-hetero) is 3. The van der Waals surface area contributed by atoms with E-state index in [4.69, 9.17) is 28.4 Å². The molecule has 4 rings (SSSR count). The summed E-state index contributed by atoms with van der Waals surface area (Å²) in [5.74, 6) is -9.15. The highest BCUT2D eigenvalue weighted by atomic mass is 16.6. The second-order valence-corrected chi connectivity index (χ2v) is 22.2. The number of carbonyl (C=O) groups excluding carboxylic acids is 6. The van der Waals surface area contributed by atoms with Crippen LogP contribution in [0.5, 0.6) is 0 Å². The number of ketones is 3. The molecule has 2 unspecified atom stereocenters. The molecule has 3 aliphatic heterocycles. The van der Waals surface area contributed by atoms with Gasteiger partial charge in [-0.2, -0.15) is 0 Å². The fourth-order valence-corrected chi connectivity index (χ4v) is 10.7. The van der Waals surface area contributed by atoms with Crippen LogP contribution in [0, 0.1) is 40.9 Å². The summed E-state index contributed by atoms with van der Waals surface area (Å²) >= 11 is 0. The number of ether oxygens (including phenoxy) is 6. The number of cyclic esters (lactones) is 1. The third-order valence-electron chi connectivity index (χ3n) is 16.2. The van der Waals surface area contributed by atoms with Gasteiger partial charge < -0.3 is 53.7 Å². The first-order valence-electron chi connectivity index (χ1n) is 26.9. The van der Waals surface area contributed by atoms with E-state index in [2.05, 4.69) is 6.92 Å². The van der Waals surface area contributed by atoms with Crippen molar-refractivity contribution in [2.24, 2.45) is 40.9 Å². The van der Waals surface area contributed by atoms with E-state index in [1.807, 2.05) is 51.2 Å². The largest absolute Gasteiger partial charge is 0.460 e. The number of hydrogen-bond donors (Lipinski definition) is 4. The minimum absolute atomic E-state index is 0.0382. The fourth-order valence-electron chi connectivity index (χ4n) is 10.7. The molecular formula is C57H89NO16. The average Bonchev–Trinajstić information content (AvgIpc) is 3.39. The summed E-state index contributed by atoms with van der Waals surface area (Å²) in [6.45, 7) is 12.9. The summed E-state index contributed by atoms with van der Waals surface area (Å²) in [6.07, 6.45) is 10.8. The van der Waals surface area contributed by atoms with Gasteiger partial charge in [0.05, 0.1) is 31.5 Å². The average molecular weight is 1040 g/mol. The summed E-state index contributed by atoms with van der Waals surface area (Å²) in [5.41, 5.74) is -0.256. The fraction of sp³-hybridized carbons (Fsp3) is 0.754. The first kappa shape index (κ1) is 62.6. The molecule has 3 heterocycles. The lowest BCUT2D eigenvalue weighted by atomic mass is 9.78. The van der Waals surface area contributed by atoms with E-state index in [9.17, 15) is 49.2 Å². The molecule has 0 aromatic carbocycles. The minimum atomic E-state index is -2.47. The number of aliphatic hydroxyl groups is 4. The van der Waals surface area contributed by atoms with Crippen LogP contribution < -0.4 is 0 Å². The molecular weight excluding hydrogens is 955 g/mol. The Balaban J connectivity index is 1.69. The summed E-state index contributed by atoms with van der Waals surface area (Å²) in [5, 5.41) is 43.1. The van der Waals surface area contributed by atoms with E-state index in [-0.39, 0.29) is 42.8 Å². The van der Waals surface area contributed by atoms with Crippen LogP contribution in [-0.4, -0.2) is 156 Å². The van der Waals surface area contributed by atoms with Gasteiger partial charge in [0, 0.05) is 58.5 Å². The second kappa shape index (κ2) is 29.0. The van der Waals surface area contributed by atoms with Crippen molar-refractivity contribution in [3.05, 3.63) is 47.6 Å². The molecule has 418 valence electrons. The molecule has 74 heavy (non-hydrogen) atoms. The van der Waals surface area contributed by atoms with Crippen LogP contribution in [0.15, 0.2) is 47.6 Å². The van der Waals surface area contributed by atoms with Crippen molar-refractivity contribution in [1.82, 2.24) is 4.90 Å². The Morgan fingerprint density at radius 2 is 1.55 bits per heavy atom. The molecule has 4 aliphatic rings. The topological polar surface area (TPSA) is 242 Å². The Kier molecular flexibility index (Phi) is 24.5. The monoisotopic (exact) mass is 1040 g/mol. The number of rotatable bonds is 10. The smallest absolute Gasteiger partial charge is 0.329 e. The molecule has 1 saturated carbocycles. The molecule has 17 nitrogen and oxygen atoms in total. The zero-order chi connectivity index (χ0) is 55.1. The third-order valence-corrected chi connectivity index (χ3v) is 16.2. The number of carbonyl (C=O) groups is 6. The molecule has 0 spiro atoms. The van der Waals surface area contributed by atoms with Crippen molar-refractivity contribution in [3.8, 4) is 0 Å². The van der Waals surface area contributed by atoms with Gasteiger partial charge in [-0.15, -0.1) is 0 Å². The molecule has 2 bridgehead atoms. The Labute approximate surface area is 439 Å². The highest BCUT2D eigenvalue weighted by Gasteiger charge is 2.53. The van der Waals surface area contributed by atoms with Crippen LogP contribution in [0.3, 0.4) is 0 Å². The van der Waals surface area contributed by atoms with Crippen LogP contribution in [0.4, 0.5) is 0 Å². The van der Waals surface area contributed by atoms with Crippen molar-refractivity contribution in [2.75, 3.05) is 41.1 Å². The molecule has 4 N–H and O–H groups in total. The van der Waals surface area contributed by atoms with Crippen molar-refractivity contribution < 1.29 is 77.6 Å². The summed E-state index contributed by atoms with van der Waals surface area (Å²) in [4.78, 5) is 85.4. The first-order valence-corrected chi connectivity index (χ1v) is 26.9. The number of amides is 1. The quantitative estimate of drug-likeness (QED) is 0.110. The number of fused-ring (bicyclic) bond motifs is 3. The minimum Gasteiger partial charge on any atom is -0.460 e. The molecule has 15 atom stereocenters. The number of nitrogens with zero attached hydrogens (tertiary/aromatic N) is 1. The zero-order valence-corrected chi connectivity index (χ0v) is 46.0. The van der Waals surface area contributed by atoms with E-state index >= 15 is 0 Å². The number of allylic oxidation sites excluding steroid dienone is 6. The lowest BCUT2D eigenvalue weighted by molar-refractivity contribution is -0.265. The van der Waals surface area contributed by atoms with Gasteiger partial charge in [0.15, 0.2) is 5.78 Å². The van der Waals surface area contributed by atoms with Crippen LogP contribution in [0.1, 0.15) is 139 Å². The van der Waals surface area contributed by atoms with Gasteiger partial charge in [0.1, 0.15) is 41.7 Å². The molecule has 17 heteroatoms. The third kappa shape index (κ3) is 16.3. The number of esters is 2. The van der Waals surface area contributed by atoms with Crippen molar-refractivity contribution in [1.29, 1.82) is 0 Å². The van der Waals surface area contributed by atoms with Gasteiger partial charge >= 0.3 is 11.9 Å². The molecule has 0 radical (unpaired) electrons. The lowest BCUT2D eigenvalue weighted by Crippen LogP contribution is -2.61. The Morgan fingerprint density at radius 3 is 2.20 bits per heavy atom. The van der Waals surface area contributed by atoms with Crippen LogP contribution in [0.2, 0.25) is 0 Å². The predicted molar refractivity (Wildman–Crippen MR) is 276 cm³/mol. The SMILES string of the molecule is CO[C@H]1C[C@@H]2CC[C@@H](C)[C@@](O)(O2)C(=O)C(=O)N2CCCC[C@H]2C(=O)O[C@H]([C@H](C)CC2CCC(OC(=O)C(C)(CO)CO)[C@H](OC)C2)CC(=O)[C@H](C)/C=C(\C)[C@@H](O)[C@@H](OC)C(=O)[C@H](C)CC[C@H](C)/C=C/C=C/C=C/1C. The van der Waals surface area contributed by atoms with Gasteiger partial charge in [0.2, 0.25) is 5.79 Å². The number of methoxy groups -OCH3 is 3. The normalized spacial score (nSPS) is 37.3. The highest BCUT2D eigenvalue weighted by Crippen LogP contribution is 2.38. The Bertz CT molecular complexity index is 2030. The molecule has 2 saturated heterocycles. The second-order valence-electron chi connectivity index (χ2n) is 22.2. The Hall–Kier alpha value is -3.94. The molecule has 0 aromatic rings.